The van der Waals surface area contributed by atoms with Gasteiger partial charge in [-0.25, -0.2) is 4.98 Å². The molecule has 0 spiro atoms. The van der Waals surface area contributed by atoms with Crippen LogP contribution in [-0.4, -0.2) is 23.3 Å². The summed E-state index contributed by atoms with van der Waals surface area (Å²) in [7, 11) is 0. The first-order valence-corrected chi connectivity index (χ1v) is 4.96. The van der Waals surface area contributed by atoms with Gasteiger partial charge in [0.15, 0.2) is 5.89 Å². The maximum absolute atomic E-state index is 8.98. The monoisotopic (exact) mass is 197 g/mol. The van der Waals surface area contributed by atoms with Crippen molar-refractivity contribution in [2.45, 2.75) is 32.3 Å². The van der Waals surface area contributed by atoms with Crippen LogP contribution in [0.3, 0.4) is 0 Å². The van der Waals surface area contributed by atoms with Crippen molar-refractivity contribution in [1.82, 2.24) is 4.98 Å². The van der Waals surface area contributed by atoms with Crippen molar-refractivity contribution < 1.29 is 14.3 Å². The largest absolute Gasteiger partial charge is 0.445 e. The molecule has 0 saturated carbocycles. The topological polar surface area (TPSA) is 55.5 Å². The van der Waals surface area contributed by atoms with Gasteiger partial charge in [-0.2, -0.15) is 0 Å². The highest BCUT2D eigenvalue weighted by Crippen LogP contribution is 2.27. The number of aliphatic hydroxyl groups excluding tert-OH is 1. The van der Waals surface area contributed by atoms with Crippen LogP contribution in [0.15, 0.2) is 4.42 Å². The predicted molar refractivity (Wildman–Crippen MR) is 50.0 cm³/mol. The molecule has 0 atom stereocenters. The van der Waals surface area contributed by atoms with Crippen molar-refractivity contribution in [2.75, 3.05) is 13.2 Å². The molecule has 1 aliphatic heterocycles. The standard InChI is InChI=1S/C10H15NO3/c1-7-9(6-12)11-10(14-7)8-2-4-13-5-3-8/h8,12H,2-6H2,1H3. The quantitative estimate of drug-likeness (QED) is 0.778. The van der Waals surface area contributed by atoms with Crippen molar-refractivity contribution in [2.24, 2.45) is 0 Å². The number of aliphatic hydroxyl groups is 1. The summed E-state index contributed by atoms with van der Waals surface area (Å²) in [4.78, 5) is 4.28. The van der Waals surface area contributed by atoms with Gasteiger partial charge in [-0.15, -0.1) is 0 Å². The Bertz CT molecular complexity index is 302. The molecule has 2 heterocycles. The number of hydrogen-bond donors (Lipinski definition) is 1. The second-order valence-corrected chi connectivity index (χ2v) is 3.60. The summed E-state index contributed by atoms with van der Waals surface area (Å²) < 4.78 is 10.8. The van der Waals surface area contributed by atoms with Crippen molar-refractivity contribution in [3.8, 4) is 0 Å². The molecule has 0 aliphatic carbocycles. The Morgan fingerprint density at radius 1 is 1.43 bits per heavy atom. The van der Waals surface area contributed by atoms with Gasteiger partial charge in [-0.1, -0.05) is 0 Å². The average molecular weight is 197 g/mol. The highest BCUT2D eigenvalue weighted by molar-refractivity contribution is 5.09. The zero-order valence-electron chi connectivity index (χ0n) is 8.32. The number of rotatable bonds is 2. The molecule has 0 unspecified atom stereocenters. The summed E-state index contributed by atoms with van der Waals surface area (Å²) in [5, 5.41) is 8.98. The SMILES string of the molecule is Cc1oc(C2CCOCC2)nc1CO. The zero-order chi connectivity index (χ0) is 9.97. The van der Waals surface area contributed by atoms with Gasteiger partial charge in [-0.3, -0.25) is 0 Å². The molecule has 1 saturated heterocycles. The summed E-state index contributed by atoms with van der Waals surface area (Å²) in [6.45, 7) is 3.35. The number of oxazole rings is 1. The Balaban J connectivity index is 2.14. The summed E-state index contributed by atoms with van der Waals surface area (Å²) >= 11 is 0. The summed E-state index contributed by atoms with van der Waals surface area (Å²) in [5.41, 5.74) is 0.659. The third-order valence-corrected chi connectivity index (χ3v) is 2.63. The second kappa shape index (κ2) is 4.11. The van der Waals surface area contributed by atoms with Crippen LogP contribution in [0.25, 0.3) is 0 Å². The molecule has 1 aliphatic rings. The van der Waals surface area contributed by atoms with Crippen LogP contribution in [0.2, 0.25) is 0 Å². The first kappa shape index (κ1) is 9.68. The van der Waals surface area contributed by atoms with Gasteiger partial charge < -0.3 is 14.3 Å². The number of ether oxygens (including phenoxy) is 1. The first-order chi connectivity index (χ1) is 6.81. The van der Waals surface area contributed by atoms with Gasteiger partial charge in [0.25, 0.3) is 0 Å². The summed E-state index contributed by atoms with van der Waals surface area (Å²) in [6, 6.07) is 0. The molecular weight excluding hydrogens is 182 g/mol. The van der Waals surface area contributed by atoms with Crippen LogP contribution in [0.5, 0.6) is 0 Å². The Morgan fingerprint density at radius 2 is 2.14 bits per heavy atom. The molecule has 0 bridgehead atoms. The zero-order valence-corrected chi connectivity index (χ0v) is 8.32. The van der Waals surface area contributed by atoms with E-state index in [9.17, 15) is 0 Å². The molecule has 2 rings (SSSR count). The first-order valence-electron chi connectivity index (χ1n) is 4.96. The molecule has 1 N–H and O–H groups in total. The predicted octanol–water partition coefficient (Wildman–Crippen LogP) is 1.37. The van der Waals surface area contributed by atoms with E-state index >= 15 is 0 Å². The number of nitrogens with zero attached hydrogens (tertiary/aromatic N) is 1. The highest BCUT2D eigenvalue weighted by atomic mass is 16.5. The van der Waals surface area contributed by atoms with Crippen molar-refractivity contribution in [3.63, 3.8) is 0 Å². The number of aromatic nitrogens is 1. The smallest absolute Gasteiger partial charge is 0.197 e. The third kappa shape index (κ3) is 1.81. The van der Waals surface area contributed by atoms with Gasteiger partial charge in [-0.05, 0) is 19.8 Å². The molecule has 4 heteroatoms. The van der Waals surface area contributed by atoms with E-state index in [4.69, 9.17) is 14.3 Å². The normalized spacial score (nSPS) is 18.7. The fourth-order valence-electron chi connectivity index (χ4n) is 1.72. The minimum Gasteiger partial charge on any atom is -0.445 e. The fraction of sp³-hybridized carbons (Fsp3) is 0.700. The Labute approximate surface area is 82.9 Å². The van der Waals surface area contributed by atoms with E-state index in [1.807, 2.05) is 6.92 Å². The van der Waals surface area contributed by atoms with Gasteiger partial charge in [0, 0.05) is 19.1 Å². The van der Waals surface area contributed by atoms with E-state index in [1.54, 1.807) is 0 Å². The lowest BCUT2D eigenvalue weighted by Gasteiger charge is -2.18. The molecule has 1 aromatic heterocycles. The molecule has 0 amide bonds. The molecule has 4 nitrogen and oxygen atoms in total. The fourth-order valence-corrected chi connectivity index (χ4v) is 1.72. The van der Waals surface area contributed by atoms with E-state index in [0.29, 0.717) is 11.6 Å². The molecule has 1 fully saturated rings. The van der Waals surface area contributed by atoms with E-state index in [0.717, 1.165) is 37.7 Å². The molecule has 0 aromatic carbocycles. The Morgan fingerprint density at radius 3 is 2.71 bits per heavy atom. The van der Waals surface area contributed by atoms with Gasteiger partial charge in [0.1, 0.15) is 11.5 Å². The highest BCUT2D eigenvalue weighted by Gasteiger charge is 2.21. The van der Waals surface area contributed by atoms with Crippen molar-refractivity contribution in [1.29, 1.82) is 0 Å². The van der Waals surface area contributed by atoms with Crippen molar-refractivity contribution >= 4 is 0 Å². The lowest BCUT2D eigenvalue weighted by Crippen LogP contribution is -2.14. The van der Waals surface area contributed by atoms with Crippen LogP contribution < -0.4 is 0 Å². The minimum absolute atomic E-state index is 0.0431. The minimum atomic E-state index is -0.0431. The van der Waals surface area contributed by atoms with E-state index in [2.05, 4.69) is 4.98 Å². The van der Waals surface area contributed by atoms with Crippen LogP contribution >= 0.6 is 0 Å². The maximum atomic E-state index is 8.98. The Kier molecular flexibility index (Phi) is 2.84. The Hall–Kier alpha value is -0.870. The molecule has 0 radical (unpaired) electrons. The van der Waals surface area contributed by atoms with Gasteiger partial charge in [0.2, 0.25) is 0 Å². The average Bonchev–Trinajstić information content (AvgIpc) is 2.61. The van der Waals surface area contributed by atoms with Crippen LogP contribution in [0.1, 0.15) is 36.1 Å². The number of aryl methyl sites for hydroxylation is 1. The summed E-state index contributed by atoms with van der Waals surface area (Å²) in [6.07, 6.45) is 1.93. The number of hydrogen-bond acceptors (Lipinski definition) is 4. The summed E-state index contributed by atoms with van der Waals surface area (Å²) in [5.74, 6) is 1.85. The molecule has 1 aromatic rings. The molecule has 78 valence electrons. The van der Waals surface area contributed by atoms with E-state index < -0.39 is 0 Å². The lowest BCUT2D eigenvalue weighted by molar-refractivity contribution is 0.0792. The van der Waals surface area contributed by atoms with Crippen LogP contribution in [0, 0.1) is 6.92 Å². The van der Waals surface area contributed by atoms with Gasteiger partial charge in [0.05, 0.1) is 6.61 Å². The van der Waals surface area contributed by atoms with Crippen LogP contribution in [0.4, 0.5) is 0 Å². The second-order valence-electron chi connectivity index (χ2n) is 3.60. The van der Waals surface area contributed by atoms with Crippen LogP contribution in [-0.2, 0) is 11.3 Å². The molecular formula is C10H15NO3. The maximum Gasteiger partial charge on any atom is 0.197 e. The molecule has 14 heavy (non-hydrogen) atoms. The van der Waals surface area contributed by atoms with E-state index in [-0.39, 0.29) is 6.61 Å². The van der Waals surface area contributed by atoms with Crippen molar-refractivity contribution in [3.05, 3.63) is 17.3 Å². The third-order valence-electron chi connectivity index (χ3n) is 2.63. The van der Waals surface area contributed by atoms with E-state index in [1.165, 1.54) is 0 Å². The lowest BCUT2D eigenvalue weighted by atomic mass is 10.0. The van der Waals surface area contributed by atoms with Gasteiger partial charge >= 0.3 is 0 Å².